The quantitative estimate of drug-likeness (QED) is 0.685. The number of ether oxygens (including phenoxy) is 1. The third-order valence-corrected chi connectivity index (χ3v) is 1.78. The third-order valence-electron chi connectivity index (χ3n) is 1.78. The van der Waals surface area contributed by atoms with Gasteiger partial charge in [-0.2, -0.15) is 5.10 Å². The Hall–Kier alpha value is -1.56. The van der Waals surface area contributed by atoms with E-state index in [1.54, 1.807) is 19.5 Å². The summed E-state index contributed by atoms with van der Waals surface area (Å²) in [6.45, 7) is 2.70. The Morgan fingerprint density at radius 2 is 2.53 bits per heavy atom. The van der Waals surface area contributed by atoms with Gasteiger partial charge in [0.25, 0.3) is 0 Å². The summed E-state index contributed by atoms with van der Waals surface area (Å²) in [7, 11) is 1.65. The minimum absolute atomic E-state index is 0.0976. The van der Waals surface area contributed by atoms with Gasteiger partial charge in [-0.25, -0.2) is 0 Å². The Morgan fingerprint density at radius 1 is 1.80 bits per heavy atom. The van der Waals surface area contributed by atoms with E-state index in [1.807, 2.05) is 6.92 Å². The molecule has 0 fully saturated rings. The summed E-state index contributed by atoms with van der Waals surface area (Å²) in [4.78, 5) is 10.6. The lowest BCUT2D eigenvalue weighted by Gasteiger charge is -2.11. The first kappa shape index (κ1) is 11.5. The molecule has 6 nitrogen and oxygen atoms in total. The van der Waals surface area contributed by atoms with Gasteiger partial charge >= 0.3 is 0 Å². The van der Waals surface area contributed by atoms with E-state index in [4.69, 9.17) is 10.5 Å². The maximum absolute atomic E-state index is 10.6. The number of aromatic nitrogens is 2. The van der Waals surface area contributed by atoms with Crippen molar-refractivity contribution in [3.8, 4) is 0 Å². The standard InChI is InChI=1S/C9H16N4O2/c1-7(6-15-2)12-8-3-11-13(4-8)5-9(10)14/h3-4,7,12H,5-6H2,1-2H3,(H2,10,14). The number of nitrogens with two attached hydrogens (primary N) is 1. The zero-order valence-electron chi connectivity index (χ0n) is 8.93. The van der Waals surface area contributed by atoms with Crippen molar-refractivity contribution < 1.29 is 9.53 Å². The molecule has 1 atom stereocenters. The number of hydrogen-bond donors (Lipinski definition) is 2. The van der Waals surface area contributed by atoms with E-state index in [1.165, 1.54) is 4.68 Å². The zero-order chi connectivity index (χ0) is 11.3. The molecule has 15 heavy (non-hydrogen) atoms. The second-order valence-electron chi connectivity index (χ2n) is 3.39. The SMILES string of the molecule is COCC(C)Nc1cnn(CC(N)=O)c1. The topological polar surface area (TPSA) is 82.2 Å². The number of carbonyl (C=O) groups is 1. The van der Waals surface area contributed by atoms with Crippen LogP contribution in [0.25, 0.3) is 0 Å². The molecule has 1 heterocycles. The highest BCUT2D eigenvalue weighted by Crippen LogP contribution is 2.06. The molecule has 1 amide bonds. The van der Waals surface area contributed by atoms with Gasteiger partial charge in [-0.15, -0.1) is 0 Å². The van der Waals surface area contributed by atoms with Gasteiger partial charge in [0, 0.05) is 19.3 Å². The second kappa shape index (κ2) is 5.35. The Kier molecular flexibility index (Phi) is 4.11. The van der Waals surface area contributed by atoms with E-state index in [-0.39, 0.29) is 12.6 Å². The lowest BCUT2D eigenvalue weighted by molar-refractivity contribution is -0.118. The maximum atomic E-state index is 10.6. The molecule has 0 bridgehead atoms. The number of anilines is 1. The zero-order valence-corrected chi connectivity index (χ0v) is 8.93. The third kappa shape index (κ3) is 3.99. The van der Waals surface area contributed by atoms with Crippen LogP contribution in [0.15, 0.2) is 12.4 Å². The molecular weight excluding hydrogens is 196 g/mol. The Balaban J connectivity index is 2.48. The highest BCUT2D eigenvalue weighted by Gasteiger charge is 2.04. The number of carbonyl (C=O) groups excluding carboxylic acids is 1. The molecule has 1 rings (SSSR count). The van der Waals surface area contributed by atoms with E-state index in [0.29, 0.717) is 6.61 Å². The van der Waals surface area contributed by atoms with Gasteiger partial charge in [-0.3, -0.25) is 9.48 Å². The van der Waals surface area contributed by atoms with Gasteiger partial charge in [0.05, 0.1) is 18.5 Å². The summed E-state index contributed by atoms with van der Waals surface area (Å²) in [6, 6.07) is 0.196. The lowest BCUT2D eigenvalue weighted by atomic mass is 10.3. The predicted molar refractivity (Wildman–Crippen MR) is 56.4 cm³/mol. The highest BCUT2D eigenvalue weighted by atomic mass is 16.5. The van der Waals surface area contributed by atoms with Gasteiger partial charge < -0.3 is 15.8 Å². The number of rotatable bonds is 6. The first-order valence-electron chi connectivity index (χ1n) is 4.68. The largest absolute Gasteiger partial charge is 0.383 e. The molecule has 0 saturated carbocycles. The fourth-order valence-electron chi connectivity index (χ4n) is 1.26. The summed E-state index contributed by atoms with van der Waals surface area (Å²) in [6.07, 6.45) is 3.38. The molecule has 3 N–H and O–H groups in total. The van der Waals surface area contributed by atoms with Crippen molar-refractivity contribution in [2.75, 3.05) is 19.0 Å². The van der Waals surface area contributed by atoms with E-state index < -0.39 is 5.91 Å². The normalized spacial score (nSPS) is 12.4. The van der Waals surface area contributed by atoms with E-state index in [2.05, 4.69) is 10.4 Å². The smallest absolute Gasteiger partial charge is 0.239 e. The van der Waals surface area contributed by atoms with Crippen LogP contribution in [-0.4, -0.2) is 35.4 Å². The minimum Gasteiger partial charge on any atom is -0.383 e. The van der Waals surface area contributed by atoms with Crippen LogP contribution in [0.4, 0.5) is 5.69 Å². The number of methoxy groups -OCH3 is 1. The van der Waals surface area contributed by atoms with Crippen LogP contribution in [-0.2, 0) is 16.1 Å². The van der Waals surface area contributed by atoms with Crippen LogP contribution >= 0.6 is 0 Å². The Morgan fingerprint density at radius 3 is 3.13 bits per heavy atom. The molecule has 0 aliphatic rings. The lowest BCUT2D eigenvalue weighted by Crippen LogP contribution is -2.20. The number of primary amides is 1. The van der Waals surface area contributed by atoms with Crippen LogP contribution < -0.4 is 11.1 Å². The van der Waals surface area contributed by atoms with Crippen molar-refractivity contribution in [2.24, 2.45) is 5.73 Å². The van der Waals surface area contributed by atoms with Crippen molar-refractivity contribution in [2.45, 2.75) is 19.5 Å². The molecule has 84 valence electrons. The molecule has 6 heteroatoms. The van der Waals surface area contributed by atoms with Crippen molar-refractivity contribution in [3.05, 3.63) is 12.4 Å². The van der Waals surface area contributed by atoms with Crippen LogP contribution in [0.1, 0.15) is 6.92 Å². The molecule has 0 aliphatic carbocycles. The van der Waals surface area contributed by atoms with Gasteiger partial charge in [-0.05, 0) is 6.92 Å². The number of nitrogens with zero attached hydrogens (tertiary/aromatic N) is 2. The summed E-state index contributed by atoms with van der Waals surface area (Å²) in [5.74, 6) is -0.408. The molecule has 1 aromatic heterocycles. The summed E-state index contributed by atoms with van der Waals surface area (Å²) < 4.78 is 6.47. The molecule has 0 aliphatic heterocycles. The molecule has 0 aromatic carbocycles. The molecule has 1 aromatic rings. The van der Waals surface area contributed by atoms with Gasteiger partial charge in [-0.1, -0.05) is 0 Å². The predicted octanol–water partition coefficient (Wildman–Crippen LogP) is -0.185. The van der Waals surface area contributed by atoms with Crippen LogP contribution in [0.3, 0.4) is 0 Å². The Bertz CT molecular complexity index is 324. The monoisotopic (exact) mass is 212 g/mol. The van der Waals surface area contributed by atoms with Crippen LogP contribution in [0.2, 0.25) is 0 Å². The Labute approximate surface area is 88.4 Å². The van der Waals surface area contributed by atoms with Gasteiger partial charge in [0.2, 0.25) is 5.91 Å². The van der Waals surface area contributed by atoms with Crippen LogP contribution in [0.5, 0.6) is 0 Å². The van der Waals surface area contributed by atoms with Crippen molar-refractivity contribution in [1.82, 2.24) is 9.78 Å². The minimum atomic E-state index is -0.408. The summed E-state index contributed by atoms with van der Waals surface area (Å²) in [5.41, 5.74) is 5.89. The van der Waals surface area contributed by atoms with Crippen molar-refractivity contribution in [3.63, 3.8) is 0 Å². The highest BCUT2D eigenvalue weighted by molar-refractivity contribution is 5.73. The fourth-order valence-corrected chi connectivity index (χ4v) is 1.26. The average Bonchev–Trinajstić information content (AvgIpc) is 2.51. The maximum Gasteiger partial charge on any atom is 0.239 e. The number of amides is 1. The number of hydrogen-bond acceptors (Lipinski definition) is 4. The van der Waals surface area contributed by atoms with E-state index in [9.17, 15) is 4.79 Å². The van der Waals surface area contributed by atoms with Gasteiger partial charge in [0.15, 0.2) is 0 Å². The summed E-state index contributed by atoms with van der Waals surface area (Å²) >= 11 is 0. The van der Waals surface area contributed by atoms with Crippen molar-refractivity contribution in [1.29, 1.82) is 0 Å². The second-order valence-corrected chi connectivity index (χ2v) is 3.39. The molecule has 0 saturated heterocycles. The van der Waals surface area contributed by atoms with Crippen molar-refractivity contribution >= 4 is 11.6 Å². The van der Waals surface area contributed by atoms with E-state index >= 15 is 0 Å². The fraction of sp³-hybridized carbons (Fsp3) is 0.556. The molecule has 0 radical (unpaired) electrons. The first-order chi connectivity index (χ1) is 7.11. The molecule has 1 unspecified atom stereocenters. The average molecular weight is 212 g/mol. The van der Waals surface area contributed by atoms with E-state index in [0.717, 1.165) is 5.69 Å². The first-order valence-corrected chi connectivity index (χ1v) is 4.68. The summed E-state index contributed by atoms with van der Waals surface area (Å²) in [5, 5.41) is 7.16. The number of nitrogens with one attached hydrogen (secondary N) is 1. The van der Waals surface area contributed by atoms with Gasteiger partial charge in [0.1, 0.15) is 6.54 Å². The van der Waals surface area contributed by atoms with Crippen LogP contribution in [0, 0.1) is 0 Å². The molecule has 0 spiro atoms. The molecular formula is C9H16N4O2.